The summed E-state index contributed by atoms with van der Waals surface area (Å²) in [6.45, 7) is 4.98. The van der Waals surface area contributed by atoms with Gasteiger partial charge in [0.05, 0.1) is 23.8 Å². The molecule has 0 aromatic heterocycles. The van der Waals surface area contributed by atoms with Crippen molar-refractivity contribution in [3.8, 4) is 0 Å². The Hall–Kier alpha value is -1.83. The normalized spacial score (nSPS) is 17.0. The molecular formula is C19H29ClN4O3. The molecule has 3 N–H and O–H groups in total. The van der Waals surface area contributed by atoms with Gasteiger partial charge in [0, 0.05) is 45.8 Å². The number of amides is 1. The topological polar surface area (TPSA) is 84.0 Å². The van der Waals surface area contributed by atoms with Crippen molar-refractivity contribution in [2.45, 2.75) is 12.8 Å². The predicted molar refractivity (Wildman–Crippen MR) is 108 cm³/mol. The maximum absolute atomic E-state index is 12.1. The minimum absolute atomic E-state index is 0.185. The lowest BCUT2D eigenvalue weighted by molar-refractivity contribution is 0.0887. The molecule has 7 nitrogen and oxygen atoms in total. The van der Waals surface area contributed by atoms with Crippen LogP contribution in [-0.4, -0.2) is 65.0 Å². The lowest BCUT2D eigenvalue weighted by atomic mass is 10.1. The average molecular weight is 397 g/mol. The maximum Gasteiger partial charge on any atom is 0.252 e. The van der Waals surface area contributed by atoms with Crippen LogP contribution in [0.3, 0.4) is 0 Å². The molecule has 1 aliphatic heterocycles. The molecule has 1 aliphatic rings. The largest absolute Gasteiger partial charge is 0.381 e. The Morgan fingerprint density at radius 3 is 2.78 bits per heavy atom. The molecule has 0 bridgehead atoms. The zero-order valence-corrected chi connectivity index (χ0v) is 16.6. The maximum atomic E-state index is 12.1. The lowest BCUT2D eigenvalue weighted by Crippen LogP contribution is -2.42. The monoisotopic (exact) mass is 396 g/mol. The first kappa shape index (κ1) is 21.5. The molecule has 8 heteroatoms. The van der Waals surface area contributed by atoms with E-state index < -0.39 is 0 Å². The Morgan fingerprint density at radius 2 is 2.04 bits per heavy atom. The zero-order chi connectivity index (χ0) is 19.3. The minimum atomic E-state index is -0.185. The first-order valence-corrected chi connectivity index (χ1v) is 9.71. The van der Waals surface area contributed by atoms with Crippen molar-refractivity contribution in [1.29, 1.82) is 0 Å². The SMILES string of the molecule is CN=C(NCCCOCC1CCOC1)NCCNC(=O)c1ccccc1Cl. The van der Waals surface area contributed by atoms with E-state index in [-0.39, 0.29) is 5.91 Å². The van der Waals surface area contributed by atoms with Gasteiger partial charge in [-0.1, -0.05) is 23.7 Å². The first-order chi connectivity index (χ1) is 13.2. The van der Waals surface area contributed by atoms with Gasteiger partial charge in [0.2, 0.25) is 0 Å². The highest BCUT2D eigenvalue weighted by Gasteiger charge is 2.15. The molecule has 150 valence electrons. The number of carbonyl (C=O) groups is 1. The molecule has 1 heterocycles. The molecule has 0 radical (unpaired) electrons. The van der Waals surface area contributed by atoms with E-state index in [0.29, 0.717) is 42.2 Å². The molecule has 1 unspecified atom stereocenters. The predicted octanol–water partition coefficient (Wildman–Crippen LogP) is 1.68. The van der Waals surface area contributed by atoms with Gasteiger partial charge in [0.25, 0.3) is 5.91 Å². The number of aliphatic imine (C=N–C) groups is 1. The Morgan fingerprint density at radius 1 is 1.26 bits per heavy atom. The summed E-state index contributed by atoms with van der Waals surface area (Å²) >= 11 is 6.01. The Labute approximate surface area is 165 Å². The van der Waals surface area contributed by atoms with Crippen molar-refractivity contribution in [3.05, 3.63) is 34.9 Å². The molecule has 1 atom stereocenters. The first-order valence-electron chi connectivity index (χ1n) is 9.33. The molecule has 1 fully saturated rings. The summed E-state index contributed by atoms with van der Waals surface area (Å²) in [6, 6.07) is 6.99. The fourth-order valence-electron chi connectivity index (χ4n) is 2.66. The number of hydrogen-bond donors (Lipinski definition) is 3. The van der Waals surface area contributed by atoms with Gasteiger partial charge in [0.15, 0.2) is 5.96 Å². The van der Waals surface area contributed by atoms with Crippen LogP contribution in [0.4, 0.5) is 0 Å². The van der Waals surface area contributed by atoms with Crippen LogP contribution in [0.1, 0.15) is 23.2 Å². The number of nitrogens with one attached hydrogen (secondary N) is 3. The van der Waals surface area contributed by atoms with Gasteiger partial charge >= 0.3 is 0 Å². The smallest absolute Gasteiger partial charge is 0.252 e. The highest BCUT2D eigenvalue weighted by Crippen LogP contribution is 2.14. The van der Waals surface area contributed by atoms with Crippen molar-refractivity contribution < 1.29 is 14.3 Å². The van der Waals surface area contributed by atoms with Gasteiger partial charge in [0.1, 0.15) is 0 Å². The van der Waals surface area contributed by atoms with Gasteiger partial charge in [-0.2, -0.15) is 0 Å². The van der Waals surface area contributed by atoms with Crippen LogP contribution in [0.25, 0.3) is 0 Å². The van der Waals surface area contributed by atoms with E-state index in [2.05, 4.69) is 20.9 Å². The third kappa shape index (κ3) is 8.15. The summed E-state index contributed by atoms with van der Waals surface area (Å²) < 4.78 is 11.0. The second-order valence-corrected chi connectivity index (χ2v) is 6.73. The molecule has 1 aromatic rings. The number of ether oxygens (including phenoxy) is 2. The van der Waals surface area contributed by atoms with Crippen molar-refractivity contribution in [2.75, 3.05) is 53.1 Å². The number of guanidine groups is 1. The average Bonchev–Trinajstić information content (AvgIpc) is 3.19. The highest BCUT2D eigenvalue weighted by atomic mass is 35.5. The number of nitrogens with zero attached hydrogens (tertiary/aromatic N) is 1. The molecule has 1 saturated heterocycles. The molecule has 0 saturated carbocycles. The number of halogens is 1. The number of benzene rings is 1. The lowest BCUT2D eigenvalue weighted by Gasteiger charge is -2.13. The standard InChI is InChI=1S/C19H29ClN4O3/c1-21-19(23-8-4-11-26-13-15-7-12-27-14-15)24-10-9-22-18(25)16-5-2-3-6-17(16)20/h2-3,5-6,15H,4,7-14H2,1H3,(H,22,25)(H2,21,23,24). The van der Waals surface area contributed by atoms with Gasteiger partial charge in [-0.05, 0) is 25.0 Å². The summed E-state index contributed by atoms with van der Waals surface area (Å²) in [7, 11) is 1.72. The third-order valence-corrected chi connectivity index (χ3v) is 4.51. The summed E-state index contributed by atoms with van der Waals surface area (Å²) in [5.41, 5.74) is 0.478. The third-order valence-electron chi connectivity index (χ3n) is 4.18. The summed E-state index contributed by atoms with van der Waals surface area (Å²) in [4.78, 5) is 16.2. The molecule has 2 rings (SSSR count). The van der Waals surface area contributed by atoms with Crippen LogP contribution < -0.4 is 16.0 Å². The van der Waals surface area contributed by atoms with Crippen LogP contribution in [0.15, 0.2) is 29.3 Å². The molecule has 1 aromatic carbocycles. The van der Waals surface area contributed by atoms with Crippen molar-refractivity contribution in [2.24, 2.45) is 10.9 Å². The quantitative estimate of drug-likeness (QED) is 0.318. The highest BCUT2D eigenvalue weighted by molar-refractivity contribution is 6.33. The van der Waals surface area contributed by atoms with Crippen molar-refractivity contribution in [1.82, 2.24) is 16.0 Å². The van der Waals surface area contributed by atoms with Crippen molar-refractivity contribution >= 4 is 23.5 Å². The van der Waals surface area contributed by atoms with E-state index in [9.17, 15) is 4.79 Å². The Balaban J connectivity index is 1.51. The number of rotatable bonds is 10. The van der Waals surface area contributed by atoms with Crippen LogP contribution in [0.5, 0.6) is 0 Å². The van der Waals surface area contributed by atoms with Crippen LogP contribution in [0.2, 0.25) is 5.02 Å². The van der Waals surface area contributed by atoms with Crippen LogP contribution in [0, 0.1) is 5.92 Å². The molecule has 1 amide bonds. The van der Waals surface area contributed by atoms with Gasteiger partial charge in [-0.15, -0.1) is 0 Å². The Bertz CT molecular complexity index is 606. The fourth-order valence-corrected chi connectivity index (χ4v) is 2.89. The fraction of sp³-hybridized carbons (Fsp3) is 0.579. The van der Waals surface area contributed by atoms with E-state index in [1.54, 1.807) is 31.3 Å². The number of carbonyl (C=O) groups excluding carboxylic acids is 1. The second-order valence-electron chi connectivity index (χ2n) is 6.32. The van der Waals surface area contributed by atoms with Crippen molar-refractivity contribution in [3.63, 3.8) is 0 Å². The summed E-state index contributed by atoms with van der Waals surface area (Å²) in [5, 5.41) is 9.67. The second kappa shape index (κ2) is 12.5. The van der Waals surface area contributed by atoms with Crippen LogP contribution >= 0.6 is 11.6 Å². The van der Waals surface area contributed by atoms with E-state index in [1.165, 1.54) is 0 Å². The number of hydrogen-bond acceptors (Lipinski definition) is 4. The summed E-state index contributed by atoms with van der Waals surface area (Å²) in [6.07, 6.45) is 2.00. The van der Waals surface area contributed by atoms with Gasteiger partial charge < -0.3 is 25.4 Å². The Kier molecular flexibility index (Phi) is 9.97. The van der Waals surface area contributed by atoms with E-state index in [4.69, 9.17) is 21.1 Å². The van der Waals surface area contributed by atoms with Gasteiger partial charge in [-0.25, -0.2) is 0 Å². The van der Waals surface area contributed by atoms with Gasteiger partial charge in [-0.3, -0.25) is 9.79 Å². The summed E-state index contributed by atoms with van der Waals surface area (Å²) in [5.74, 6) is 1.06. The minimum Gasteiger partial charge on any atom is -0.381 e. The van der Waals surface area contributed by atoms with E-state index in [1.807, 2.05) is 0 Å². The molecule has 0 spiro atoms. The van der Waals surface area contributed by atoms with E-state index in [0.717, 1.165) is 39.2 Å². The van der Waals surface area contributed by atoms with E-state index >= 15 is 0 Å². The molecule has 0 aliphatic carbocycles. The van der Waals surface area contributed by atoms with Crippen LogP contribution in [-0.2, 0) is 9.47 Å². The molecule has 27 heavy (non-hydrogen) atoms. The zero-order valence-electron chi connectivity index (χ0n) is 15.8. The molecular weight excluding hydrogens is 368 g/mol.